The molecular weight excluding hydrogens is 637 g/mol. The molecule has 0 unspecified atom stereocenters. The Morgan fingerprint density at radius 1 is 0.973 bits per heavy atom. The number of benzene rings is 1. The predicted molar refractivity (Wildman–Crippen MR) is 151 cm³/mol. The Bertz CT molecular complexity index is 1230. The first-order chi connectivity index (χ1) is 16.6. The van der Waals surface area contributed by atoms with Gasteiger partial charge in [-0.25, -0.2) is 0 Å². The van der Waals surface area contributed by atoms with Gasteiger partial charge in [0.2, 0.25) is 0 Å². The zero-order chi connectivity index (χ0) is 27.3. The average molecular weight is 680 g/mol. The van der Waals surface area contributed by atoms with E-state index >= 15 is 0 Å². The molecule has 0 bridgehead atoms. The Hall–Kier alpha value is -2.36. The minimum atomic E-state index is -0.417. The monoisotopic (exact) mass is 680 g/mol. The molecule has 1 aromatic carbocycles. The topological polar surface area (TPSA) is 63.1 Å². The van der Waals surface area contributed by atoms with E-state index in [0.717, 1.165) is 35.0 Å². The van der Waals surface area contributed by atoms with Crippen LogP contribution in [0.4, 0.5) is 0 Å². The number of nitrogens with zero attached hydrogens (tertiary/aromatic N) is 2. The molecule has 3 rings (SSSR count). The molecule has 3 aromatic rings. The SMILES string of the molecule is CC(C)(C)C(=O)/C=C(\O)C(C)(C)C.CCC(C)(CC)c1cc(C)[c-]c(-c2ccc3cnccc3n2)c1.[Ir]. The number of aromatic nitrogens is 2. The summed E-state index contributed by atoms with van der Waals surface area (Å²) in [5.41, 5.74) is 5.01. The Balaban J connectivity index is 0.000000423. The molecule has 203 valence electrons. The van der Waals surface area contributed by atoms with Crippen molar-refractivity contribution >= 4 is 16.7 Å². The molecule has 0 fully saturated rings. The van der Waals surface area contributed by atoms with Crippen LogP contribution in [0.1, 0.15) is 86.3 Å². The molecule has 0 saturated heterocycles. The number of rotatable bonds is 5. The summed E-state index contributed by atoms with van der Waals surface area (Å²) in [5.74, 6) is 0.104. The molecule has 2 heterocycles. The second-order valence-electron chi connectivity index (χ2n) is 11.9. The molecule has 2 aromatic heterocycles. The average Bonchev–Trinajstić information content (AvgIpc) is 2.82. The summed E-state index contributed by atoms with van der Waals surface area (Å²) in [6.45, 7) is 20.1. The quantitative estimate of drug-likeness (QED) is 0.167. The van der Waals surface area contributed by atoms with E-state index in [9.17, 15) is 9.90 Å². The van der Waals surface area contributed by atoms with Crippen molar-refractivity contribution in [2.45, 2.75) is 87.5 Å². The van der Waals surface area contributed by atoms with Gasteiger partial charge < -0.3 is 5.11 Å². The third-order valence-electron chi connectivity index (χ3n) is 6.80. The molecule has 4 nitrogen and oxygen atoms in total. The van der Waals surface area contributed by atoms with E-state index in [-0.39, 0.29) is 42.5 Å². The summed E-state index contributed by atoms with van der Waals surface area (Å²) in [7, 11) is 0. The maximum absolute atomic E-state index is 11.5. The number of aliphatic hydroxyl groups excluding tert-OH is 1. The van der Waals surface area contributed by atoms with E-state index in [1.165, 1.54) is 17.2 Å². The van der Waals surface area contributed by atoms with Crippen molar-refractivity contribution < 1.29 is 30.0 Å². The number of allylic oxidation sites excluding steroid dienone is 2. The van der Waals surface area contributed by atoms with Gasteiger partial charge in [-0.3, -0.25) is 14.8 Å². The molecule has 5 heteroatoms. The molecule has 1 N–H and O–H groups in total. The van der Waals surface area contributed by atoms with Crippen LogP contribution in [0.2, 0.25) is 0 Å². The molecule has 1 radical (unpaired) electrons. The van der Waals surface area contributed by atoms with Crippen LogP contribution in [0.25, 0.3) is 22.2 Å². The standard InChI is InChI=1S/C21H23N2.C11H20O2.Ir/c1-5-21(4,6-2)18-12-15(3)11-17(13-18)19-8-7-16-14-22-10-9-20(16)23-19;1-10(2,3)8(12)7-9(13)11(4,5)6;/h7-10,12-14H,5-6H2,1-4H3;7,12H,1-6H3;/q-1;;/b;8-7-;. The minimum Gasteiger partial charge on any atom is -0.512 e. The zero-order valence-electron chi connectivity index (χ0n) is 24.1. The number of fused-ring (bicyclic) bond motifs is 1. The first kappa shape index (κ1) is 32.7. The Morgan fingerprint density at radius 3 is 2.14 bits per heavy atom. The van der Waals surface area contributed by atoms with Crippen molar-refractivity contribution in [3.8, 4) is 11.3 Å². The largest absolute Gasteiger partial charge is 0.512 e. The number of carbonyl (C=O) groups excluding carboxylic acids is 1. The van der Waals surface area contributed by atoms with Gasteiger partial charge in [0.25, 0.3) is 0 Å². The summed E-state index contributed by atoms with van der Waals surface area (Å²) < 4.78 is 0. The van der Waals surface area contributed by atoms with Crippen LogP contribution in [0.5, 0.6) is 0 Å². The minimum absolute atomic E-state index is 0. The first-order valence-electron chi connectivity index (χ1n) is 12.8. The summed E-state index contributed by atoms with van der Waals surface area (Å²) in [4.78, 5) is 20.4. The van der Waals surface area contributed by atoms with E-state index in [1.54, 1.807) is 6.20 Å². The number of aryl methyl sites for hydroxylation is 1. The van der Waals surface area contributed by atoms with Crippen LogP contribution in [0.3, 0.4) is 0 Å². The van der Waals surface area contributed by atoms with Gasteiger partial charge in [-0.15, -0.1) is 34.9 Å². The van der Waals surface area contributed by atoms with Gasteiger partial charge >= 0.3 is 0 Å². The Labute approximate surface area is 237 Å². The number of aliphatic hydroxyl groups is 1. The number of hydrogen-bond donors (Lipinski definition) is 1. The number of pyridine rings is 2. The van der Waals surface area contributed by atoms with Crippen LogP contribution in [0.15, 0.2) is 54.6 Å². The van der Waals surface area contributed by atoms with Crippen molar-refractivity contribution in [2.75, 3.05) is 0 Å². The van der Waals surface area contributed by atoms with Crippen molar-refractivity contribution in [2.24, 2.45) is 10.8 Å². The van der Waals surface area contributed by atoms with Crippen LogP contribution in [-0.2, 0) is 30.3 Å². The van der Waals surface area contributed by atoms with E-state index in [4.69, 9.17) is 4.98 Å². The van der Waals surface area contributed by atoms with E-state index in [2.05, 4.69) is 63.0 Å². The van der Waals surface area contributed by atoms with Gasteiger partial charge in [-0.1, -0.05) is 81.4 Å². The fraction of sp³-hybridized carbons (Fsp3) is 0.469. The second-order valence-corrected chi connectivity index (χ2v) is 11.9. The molecule has 0 amide bonds. The molecule has 37 heavy (non-hydrogen) atoms. The molecule has 0 atom stereocenters. The van der Waals surface area contributed by atoms with Gasteiger partial charge in [0.15, 0.2) is 5.78 Å². The molecule has 0 aliphatic rings. The van der Waals surface area contributed by atoms with Crippen molar-refractivity contribution in [1.82, 2.24) is 9.97 Å². The predicted octanol–water partition coefficient (Wildman–Crippen LogP) is 8.57. The summed E-state index contributed by atoms with van der Waals surface area (Å²) in [6, 6.07) is 14.1. The van der Waals surface area contributed by atoms with Gasteiger partial charge in [0.05, 0.1) is 5.52 Å². The van der Waals surface area contributed by atoms with Crippen LogP contribution in [-0.4, -0.2) is 20.9 Å². The summed E-state index contributed by atoms with van der Waals surface area (Å²) >= 11 is 0. The van der Waals surface area contributed by atoms with Crippen LogP contribution >= 0.6 is 0 Å². The van der Waals surface area contributed by atoms with Crippen molar-refractivity contribution in [3.63, 3.8) is 0 Å². The van der Waals surface area contributed by atoms with Gasteiger partial charge in [-0.05, 0) is 30.0 Å². The maximum atomic E-state index is 11.5. The van der Waals surface area contributed by atoms with Gasteiger partial charge in [-0.2, -0.15) is 0 Å². The number of carbonyl (C=O) groups is 1. The fourth-order valence-electron chi connectivity index (χ4n) is 3.53. The number of hydrogen-bond acceptors (Lipinski definition) is 4. The van der Waals surface area contributed by atoms with E-state index in [1.807, 2.05) is 53.8 Å². The van der Waals surface area contributed by atoms with E-state index in [0.29, 0.717) is 0 Å². The zero-order valence-corrected chi connectivity index (χ0v) is 26.5. The fourth-order valence-corrected chi connectivity index (χ4v) is 3.53. The van der Waals surface area contributed by atoms with Crippen LogP contribution in [0, 0.1) is 23.8 Å². The van der Waals surface area contributed by atoms with E-state index < -0.39 is 5.41 Å². The van der Waals surface area contributed by atoms with Gasteiger partial charge in [0, 0.05) is 54.8 Å². The number of ketones is 1. The van der Waals surface area contributed by atoms with Gasteiger partial charge in [0.1, 0.15) is 5.76 Å². The summed E-state index contributed by atoms with van der Waals surface area (Å²) in [6.07, 6.45) is 7.23. The van der Waals surface area contributed by atoms with Crippen molar-refractivity contribution in [1.29, 1.82) is 0 Å². The Kier molecular flexibility index (Phi) is 11.4. The normalized spacial score (nSPS) is 12.4. The molecule has 0 aliphatic carbocycles. The third kappa shape index (κ3) is 8.86. The van der Waals surface area contributed by atoms with Crippen LogP contribution < -0.4 is 0 Å². The second kappa shape index (κ2) is 12.9. The third-order valence-corrected chi connectivity index (χ3v) is 6.80. The molecule has 0 saturated carbocycles. The molecule has 0 aliphatic heterocycles. The summed E-state index contributed by atoms with van der Waals surface area (Å²) in [5, 5.41) is 10.6. The van der Waals surface area contributed by atoms with Crippen molar-refractivity contribution in [3.05, 3.63) is 71.8 Å². The molecular formula is C32H43IrN2O2-. The Morgan fingerprint density at radius 2 is 1.59 bits per heavy atom. The first-order valence-corrected chi connectivity index (χ1v) is 12.8. The smallest absolute Gasteiger partial charge is 0.164 e. The molecule has 0 spiro atoms. The maximum Gasteiger partial charge on any atom is 0.164 e.